The maximum Gasteiger partial charge on any atom is 0.136 e. The molecule has 0 saturated carbocycles. The standard InChI is InChI=1S/C13H13IN2O/c14-11-1-3-12(4-2-11)17-13(9-15)10-5-7-16-8-6-10/h1-8,13H,9,15H2. The lowest BCUT2D eigenvalue weighted by Crippen LogP contribution is -2.18. The third-order valence-corrected chi connectivity index (χ3v) is 3.10. The SMILES string of the molecule is NCC(Oc1ccc(I)cc1)c1ccncc1. The van der Waals surface area contributed by atoms with Gasteiger partial charge >= 0.3 is 0 Å². The Balaban J connectivity index is 2.13. The van der Waals surface area contributed by atoms with Crippen molar-refractivity contribution < 1.29 is 4.74 Å². The van der Waals surface area contributed by atoms with Crippen molar-refractivity contribution in [1.29, 1.82) is 0 Å². The fraction of sp³-hybridized carbons (Fsp3) is 0.154. The van der Waals surface area contributed by atoms with E-state index in [1.54, 1.807) is 12.4 Å². The van der Waals surface area contributed by atoms with Crippen LogP contribution in [0.15, 0.2) is 48.8 Å². The normalized spacial score (nSPS) is 12.1. The molecule has 1 aromatic heterocycles. The average Bonchev–Trinajstić information content (AvgIpc) is 2.39. The van der Waals surface area contributed by atoms with Gasteiger partial charge in [-0.25, -0.2) is 0 Å². The van der Waals surface area contributed by atoms with E-state index in [1.807, 2.05) is 36.4 Å². The van der Waals surface area contributed by atoms with Crippen molar-refractivity contribution in [1.82, 2.24) is 4.98 Å². The predicted octanol–water partition coefficient (Wildman–Crippen LogP) is 2.77. The summed E-state index contributed by atoms with van der Waals surface area (Å²) in [6.07, 6.45) is 3.36. The highest BCUT2D eigenvalue weighted by Gasteiger charge is 2.10. The van der Waals surface area contributed by atoms with E-state index >= 15 is 0 Å². The van der Waals surface area contributed by atoms with Crippen molar-refractivity contribution in [3.05, 3.63) is 57.9 Å². The van der Waals surface area contributed by atoms with Crippen molar-refractivity contribution in [3.63, 3.8) is 0 Å². The van der Waals surface area contributed by atoms with Gasteiger partial charge in [0.25, 0.3) is 0 Å². The third-order valence-electron chi connectivity index (χ3n) is 2.38. The zero-order chi connectivity index (χ0) is 12.1. The highest BCUT2D eigenvalue weighted by atomic mass is 127. The lowest BCUT2D eigenvalue weighted by molar-refractivity contribution is 0.214. The first-order valence-electron chi connectivity index (χ1n) is 5.32. The Morgan fingerprint density at radius 2 is 1.76 bits per heavy atom. The molecule has 0 aliphatic heterocycles. The van der Waals surface area contributed by atoms with E-state index in [9.17, 15) is 0 Å². The molecule has 0 aliphatic rings. The van der Waals surface area contributed by atoms with Crippen LogP contribution in [0.2, 0.25) is 0 Å². The molecule has 1 unspecified atom stereocenters. The van der Waals surface area contributed by atoms with Crippen LogP contribution in [0.25, 0.3) is 0 Å². The number of hydrogen-bond donors (Lipinski definition) is 1. The molecule has 17 heavy (non-hydrogen) atoms. The van der Waals surface area contributed by atoms with E-state index in [2.05, 4.69) is 27.6 Å². The molecule has 2 N–H and O–H groups in total. The van der Waals surface area contributed by atoms with Gasteiger partial charge in [-0.15, -0.1) is 0 Å². The molecule has 0 saturated heterocycles. The van der Waals surface area contributed by atoms with Gasteiger partial charge in [-0.2, -0.15) is 0 Å². The summed E-state index contributed by atoms with van der Waals surface area (Å²) in [5.41, 5.74) is 6.78. The molecule has 0 amide bonds. The fourth-order valence-corrected chi connectivity index (χ4v) is 1.87. The molecular formula is C13H13IN2O. The Kier molecular flexibility index (Phi) is 4.33. The Morgan fingerprint density at radius 3 is 2.35 bits per heavy atom. The first-order chi connectivity index (χ1) is 8.29. The first-order valence-corrected chi connectivity index (χ1v) is 6.39. The molecule has 3 nitrogen and oxygen atoms in total. The number of halogens is 1. The zero-order valence-electron chi connectivity index (χ0n) is 9.21. The van der Waals surface area contributed by atoms with Crippen molar-refractivity contribution in [3.8, 4) is 5.75 Å². The summed E-state index contributed by atoms with van der Waals surface area (Å²) in [6.45, 7) is 0.440. The number of nitrogens with zero attached hydrogens (tertiary/aromatic N) is 1. The van der Waals surface area contributed by atoms with Gasteiger partial charge in [0.05, 0.1) is 0 Å². The predicted molar refractivity (Wildman–Crippen MR) is 75.8 cm³/mol. The molecule has 88 valence electrons. The van der Waals surface area contributed by atoms with Crippen molar-refractivity contribution in [2.75, 3.05) is 6.54 Å². The van der Waals surface area contributed by atoms with Gasteiger partial charge in [0, 0.05) is 22.5 Å². The molecule has 2 rings (SSSR count). The minimum atomic E-state index is -0.127. The van der Waals surface area contributed by atoms with E-state index in [0.717, 1.165) is 11.3 Å². The van der Waals surface area contributed by atoms with Crippen molar-refractivity contribution in [2.45, 2.75) is 6.10 Å². The lowest BCUT2D eigenvalue weighted by Gasteiger charge is -2.17. The highest BCUT2D eigenvalue weighted by molar-refractivity contribution is 14.1. The van der Waals surface area contributed by atoms with Crippen LogP contribution in [0.1, 0.15) is 11.7 Å². The molecule has 0 radical (unpaired) electrons. The summed E-state index contributed by atoms with van der Waals surface area (Å²) >= 11 is 2.26. The quantitative estimate of drug-likeness (QED) is 0.871. The van der Waals surface area contributed by atoms with E-state index in [-0.39, 0.29) is 6.10 Å². The van der Waals surface area contributed by atoms with Gasteiger partial charge in [-0.05, 0) is 64.6 Å². The van der Waals surface area contributed by atoms with E-state index in [4.69, 9.17) is 10.5 Å². The third kappa shape index (κ3) is 3.41. The molecule has 1 atom stereocenters. The highest BCUT2D eigenvalue weighted by Crippen LogP contribution is 2.21. The zero-order valence-corrected chi connectivity index (χ0v) is 11.4. The van der Waals surface area contributed by atoms with Crippen LogP contribution >= 0.6 is 22.6 Å². The number of pyridine rings is 1. The molecule has 0 bridgehead atoms. The fourth-order valence-electron chi connectivity index (χ4n) is 1.51. The summed E-state index contributed by atoms with van der Waals surface area (Å²) in [7, 11) is 0. The van der Waals surface area contributed by atoms with Gasteiger partial charge < -0.3 is 10.5 Å². The Morgan fingerprint density at radius 1 is 1.12 bits per heavy atom. The number of hydrogen-bond acceptors (Lipinski definition) is 3. The second kappa shape index (κ2) is 5.97. The molecular weight excluding hydrogens is 327 g/mol. The first kappa shape index (κ1) is 12.3. The van der Waals surface area contributed by atoms with E-state index in [1.165, 1.54) is 3.57 Å². The maximum absolute atomic E-state index is 5.85. The van der Waals surface area contributed by atoms with Gasteiger partial charge in [-0.1, -0.05) is 0 Å². The summed E-state index contributed by atoms with van der Waals surface area (Å²) in [5, 5.41) is 0. The van der Waals surface area contributed by atoms with Crippen LogP contribution in [-0.4, -0.2) is 11.5 Å². The molecule has 2 aromatic rings. The summed E-state index contributed by atoms with van der Waals surface area (Å²) in [4.78, 5) is 3.98. The van der Waals surface area contributed by atoms with Gasteiger partial charge in [0.1, 0.15) is 11.9 Å². The minimum absolute atomic E-state index is 0.127. The summed E-state index contributed by atoms with van der Waals surface area (Å²) in [6, 6.07) is 11.8. The summed E-state index contributed by atoms with van der Waals surface area (Å²) in [5.74, 6) is 0.831. The minimum Gasteiger partial charge on any atom is -0.484 e. The van der Waals surface area contributed by atoms with Crippen LogP contribution in [0.3, 0.4) is 0 Å². The summed E-state index contributed by atoms with van der Waals surface area (Å²) < 4.78 is 7.03. The molecule has 0 aliphatic carbocycles. The largest absolute Gasteiger partial charge is 0.484 e. The Bertz CT molecular complexity index is 459. The number of nitrogens with two attached hydrogens (primary N) is 1. The van der Waals surface area contributed by atoms with Crippen molar-refractivity contribution in [2.24, 2.45) is 5.73 Å². The second-order valence-electron chi connectivity index (χ2n) is 3.58. The Labute approximate surface area is 114 Å². The van der Waals surface area contributed by atoms with Gasteiger partial charge in [0.2, 0.25) is 0 Å². The number of rotatable bonds is 4. The molecule has 0 fully saturated rings. The molecule has 0 spiro atoms. The molecule has 1 heterocycles. The molecule has 4 heteroatoms. The van der Waals surface area contributed by atoms with Gasteiger partial charge in [0.15, 0.2) is 0 Å². The van der Waals surface area contributed by atoms with Crippen molar-refractivity contribution >= 4 is 22.6 Å². The second-order valence-corrected chi connectivity index (χ2v) is 4.82. The van der Waals surface area contributed by atoms with Crippen LogP contribution in [0.4, 0.5) is 0 Å². The number of aromatic nitrogens is 1. The lowest BCUT2D eigenvalue weighted by atomic mass is 10.1. The average molecular weight is 340 g/mol. The van der Waals surface area contributed by atoms with Gasteiger partial charge in [-0.3, -0.25) is 4.98 Å². The smallest absolute Gasteiger partial charge is 0.136 e. The number of ether oxygens (including phenoxy) is 1. The van der Waals surface area contributed by atoms with E-state index < -0.39 is 0 Å². The monoisotopic (exact) mass is 340 g/mol. The van der Waals surface area contributed by atoms with Crippen LogP contribution in [0.5, 0.6) is 5.75 Å². The maximum atomic E-state index is 5.85. The topological polar surface area (TPSA) is 48.1 Å². The number of benzene rings is 1. The van der Waals surface area contributed by atoms with E-state index in [0.29, 0.717) is 6.54 Å². The molecule has 1 aromatic carbocycles. The Hall–Kier alpha value is -1.14. The van der Waals surface area contributed by atoms with Crippen LogP contribution < -0.4 is 10.5 Å². The van der Waals surface area contributed by atoms with Crippen LogP contribution in [0, 0.1) is 3.57 Å². The van der Waals surface area contributed by atoms with Crippen LogP contribution in [-0.2, 0) is 0 Å².